The van der Waals surface area contributed by atoms with Crippen molar-refractivity contribution in [3.05, 3.63) is 158 Å². The minimum atomic E-state index is -0.441. The molecule has 0 saturated carbocycles. The average molecular weight is 554 g/mol. The van der Waals surface area contributed by atoms with Crippen LogP contribution in [-0.2, 0) is 0 Å². The number of para-hydroxylation sites is 1. The second-order valence-electron chi connectivity index (χ2n) is 10.8. The van der Waals surface area contributed by atoms with Gasteiger partial charge in [-0.25, -0.2) is 0 Å². The summed E-state index contributed by atoms with van der Waals surface area (Å²) >= 11 is 0. The predicted molar refractivity (Wildman–Crippen MR) is 183 cm³/mol. The molecule has 43 heavy (non-hydrogen) atoms. The molecule has 0 aliphatic heterocycles. The lowest BCUT2D eigenvalue weighted by molar-refractivity contribution is 0.669. The van der Waals surface area contributed by atoms with Crippen molar-refractivity contribution in [2.45, 2.75) is 0 Å². The van der Waals surface area contributed by atoms with E-state index in [1.807, 2.05) is 36.4 Å². The van der Waals surface area contributed by atoms with Crippen LogP contribution < -0.4 is 0 Å². The summed E-state index contributed by atoms with van der Waals surface area (Å²) in [5.74, 6) is 0. The lowest BCUT2D eigenvalue weighted by Gasteiger charge is -2.13. The van der Waals surface area contributed by atoms with Crippen molar-refractivity contribution in [3.8, 4) is 33.4 Å². The smallest absolute Gasteiger partial charge is 0.136 e. The summed E-state index contributed by atoms with van der Waals surface area (Å²) in [5.41, 5.74) is 4.87. The van der Waals surface area contributed by atoms with Crippen molar-refractivity contribution in [3.63, 3.8) is 0 Å². The van der Waals surface area contributed by atoms with Gasteiger partial charge in [-0.2, -0.15) is 0 Å². The maximum Gasteiger partial charge on any atom is 0.136 e. The van der Waals surface area contributed by atoms with E-state index in [0.717, 1.165) is 22.3 Å². The standard InChI is InChI=1S/C42H26O/c1-2-13-35-33(11-1)34-12-3-4-14-36(34)39-26-31(23-24-37(35)39)30-10-7-9-29(25-30)27-19-21-28(22-20-27)32-16-8-18-41-42(32)38-15-5-6-17-40(38)43-41/h1-26H/i5D,6D,8D,15D,16D,17D,18D. The summed E-state index contributed by atoms with van der Waals surface area (Å²) in [6.45, 7) is 0. The molecule has 200 valence electrons. The van der Waals surface area contributed by atoms with Gasteiger partial charge in [0.05, 0.1) is 9.60 Å². The van der Waals surface area contributed by atoms with Gasteiger partial charge in [0, 0.05) is 10.8 Å². The fourth-order valence-corrected chi connectivity index (χ4v) is 6.37. The molecule has 8 aromatic carbocycles. The third kappa shape index (κ3) is 3.79. The Balaban J connectivity index is 1.16. The largest absolute Gasteiger partial charge is 0.456 e. The first-order valence-electron chi connectivity index (χ1n) is 17.7. The molecule has 1 heteroatoms. The predicted octanol–water partition coefficient (Wildman–Crippen LogP) is 12.0. The maximum absolute atomic E-state index is 8.84. The average Bonchev–Trinajstić information content (AvgIpc) is 3.56. The summed E-state index contributed by atoms with van der Waals surface area (Å²) < 4.78 is 65.0. The fourth-order valence-electron chi connectivity index (χ4n) is 6.37. The number of hydrogen-bond donors (Lipinski definition) is 0. The fraction of sp³-hybridized carbons (Fsp3) is 0. The SMILES string of the molecule is [2H]c1c([2H])c([2H])c2c(oc3c([2H])c([2H])c([2H])c(-c4ccc(-c5cccc(-c6ccc7c8ccccc8c8ccccc8c7c6)c5)cc4)c32)c1[2H]. The number of furan rings is 1. The van der Waals surface area contributed by atoms with Crippen molar-refractivity contribution in [1.82, 2.24) is 0 Å². The quantitative estimate of drug-likeness (QED) is 0.198. The van der Waals surface area contributed by atoms with Gasteiger partial charge in [0.25, 0.3) is 0 Å². The minimum absolute atomic E-state index is 0.0315. The first kappa shape index (κ1) is 18.0. The molecule has 0 radical (unpaired) electrons. The van der Waals surface area contributed by atoms with E-state index >= 15 is 0 Å². The van der Waals surface area contributed by atoms with E-state index in [9.17, 15) is 0 Å². The lowest BCUT2D eigenvalue weighted by atomic mass is 9.91. The highest BCUT2D eigenvalue weighted by Gasteiger charge is 2.13. The Kier molecular flexibility index (Phi) is 3.95. The molecule has 0 N–H and O–H groups in total. The van der Waals surface area contributed by atoms with E-state index < -0.39 is 12.1 Å². The van der Waals surface area contributed by atoms with Crippen LogP contribution in [0.15, 0.2) is 162 Å². The van der Waals surface area contributed by atoms with Crippen LogP contribution >= 0.6 is 0 Å². The zero-order valence-electron chi connectivity index (χ0n) is 29.9. The van der Waals surface area contributed by atoms with Crippen LogP contribution in [0.4, 0.5) is 0 Å². The number of fused-ring (bicyclic) bond motifs is 9. The van der Waals surface area contributed by atoms with E-state index in [1.54, 1.807) is 0 Å². The van der Waals surface area contributed by atoms with Crippen molar-refractivity contribution in [2.24, 2.45) is 0 Å². The molecule has 0 aliphatic rings. The van der Waals surface area contributed by atoms with Gasteiger partial charge in [-0.15, -0.1) is 0 Å². The van der Waals surface area contributed by atoms with Gasteiger partial charge < -0.3 is 4.42 Å². The summed E-state index contributed by atoms with van der Waals surface area (Å²) in [4.78, 5) is 0. The molecule has 0 fully saturated rings. The second kappa shape index (κ2) is 9.44. The number of rotatable bonds is 3. The van der Waals surface area contributed by atoms with Gasteiger partial charge in [0.2, 0.25) is 0 Å². The Morgan fingerprint density at radius 3 is 1.67 bits per heavy atom. The van der Waals surface area contributed by atoms with Crippen LogP contribution in [0.25, 0.3) is 87.6 Å². The van der Waals surface area contributed by atoms with E-state index in [0.29, 0.717) is 11.1 Å². The molecule has 0 bridgehead atoms. The number of benzene rings is 8. The van der Waals surface area contributed by atoms with E-state index in [4.69, 9.17) is 14.0 Å². The van der Waals surface area contributed by atoms with Crippen LogP contribution in [0, 0.1) is 0 Å². The lowest BCUT2D eigenvalue weighted by Crippen LogP contribution is -1.86. The Morgan fingerprint density at radius 1 is 0.372 bits per heavy atom. The van der Waals surface area contributed by atoms with E-state index in [1.165, 1.54) is 32.3 Å². The Bertz CT molecular complexity index is 2860. The van der Waals surface area contributed by atoms with Crippen LogP contribution in [-0.4, -0.2) is 0 Å². The highest BCUT2D eigenvalue weighted by atomic mass is 16.3. The topological polar surface area (TPSA) is 13.1 Å². The van der Waals surface area contributed by atoms with Crippen LogP contribution in [0.2, 0.25) is 0 Å². The first-order chi connectivity index (χ1) is 24.2. The Morgan fingerprint density at radius 2 is 0.930 bits per heavy atom. The van der Waals surface area contributed by atoms with Crippen molar-refractivity contribution in [1.29, 1.82) is 0 Å². The molecular weight excluding hydrogens is 520 g/mol. The molecular formula is C42H26O. The maximum atomic E-state index is 8.84. The van der Waals surface area contributed by atoms with Gasteiger partial charge in [-0.3, -0.25) is 0 Å². The third-order valence-electron chi connectivity index (χ3n) is 8.39. The molecule has 0 aliphatic carbocycles. The molecule has 0 saturated heterocycles. The zero-order valence-corrected chi connectivity index (χ0v) is 22.9. The summed E-state index contributed by atoms with van der Waals surface area (Å²) in [7, 11) is 0. The summed E-state index contributed by atoms with van der Waals surface area (Å²) in [5, 5.41) is 7.68. The van der Waals surface area contributed by atoms with Crippen LogP contribution in [0.1, 0.15) is 9.60 Å². The van der Waals surface area contributed by atoms with Gasteiger partial charge in [-0.05, 0) is 89.9 Å². The minimum Gasteiger partial charge on any atom is -0.456 e. The highest BCUT2D eigenvalue weighted by Crippen LogP contribution is 2.39. The van der Waals surface area contributed by atoms with Crippen molar-refractivity contribution in [2.75, 3.05) is 0 Å². The van der Waals surface area contributed by atoms with Gasteiger partial charge in [-0.1, -0.05) is 133 Å². The van der Waals surface area contributed by atoms with Crippen LogP contribution in [0.3, 0.4) is 0 Å². The molecule has 1 aromatic heterocycles. The van der Waals surface area contributed by atoms with Gasteiger partial charge >= 0.3 is 0 Å². The van der Waals surface area contributed by atoms with Gasteiger partial charge in [0.1, 0.15) is 11.2 Å². The molecule has 0 amide bonds. The zero-order chi connectivity index (χ0) is 34.4. The van der Waals surface area contributed by atoms with Crippen molar-refractivity contribution >= 4 is 54.3 Å². The molecule has 9 aromatic rings. The molecule has 0 unspecified atom stereocenters. The summed E-state index contributed by atoms with van der Waals surface area (Å²) in [6.07, 6.45) is 0. The molecule has 9 rings (SSSR count). The van der Waals surface area contributed by atoms with E-state index in [-0.39, 0.29) is 52.2 Å². The monoisotopic (exact) mass is 553 g/mol. The molecule has 1 heterocycles. The highest BCUT2D eigenvalue weighted by molar-refractivity contribution is 6.25. The van der Waals surface area contributed by atoms with Crippen molar-refractivity contribution < 1.29 is 14.0 Å². The summed E-state index contributed by atoms with van der Waals surface area (Å²) in [6, 6.07) is 37.2. The molecule has 1 nitrogen and oxygen atoms in total. The first-order valence-corrected chi connectivity index (χ1v) is 14.2. The molecule has 0 atom stereocenters. The molecule has 0 spiro atoms. The Hall–Kier alpha value is -5.66. The van der Waals surface area contributed by atoms with E-state index in [2.05, 4.69) is 78.9 Å². The normalized spacial score (nSPS) is 14.0. The van der Waals surface area contributed by atoms with Gasteiger partial charge in [0.15, 0.2) is 0 Å². The second-order valence-corrected chi connectivity index (χ2v) is 10.8. The van der Waals surface area contributed by atoms with Crippen LogP contribution in [0.5, 0.6) is 0 Å². The Labute approximate surface area is 259 Å². The number of hydrogen-bond acceptors (Lipinski definition) is 1. The third-order valence-corrected chi connectivity index (χ3v) is 8.39.